The van der Waals surface area contributed by atoms with Crippen molar-refractivity contribution in [2.45, 2.75) is 18.9 Å². The topological polar surface area (TPSA) is 69.4 Å². The Morgan fingerprint density at radius 3 is 2.73 bits per heavy atom. The Kier molecular flexibility index (Phi) is 2.37. The summed E-state index contributed by atoms with van der Waals surface area (Å²) in [7, 11) is 0. The molecule has 0 heterocycles. The average Bonchev–Trinajstić information content (AvgIpc) is 3.01. The lowest BCUT2D eigenvalue weighted by atomic mass is 10.2. The van der Waals surface area contributed by atoms with E-state index < -0.39 is 4.92 Å². The predicted molar refractivity (Wildman–Crippen MR) is 52.1 cm³/mol. The average molecular weight is 207 g/mol. The molecule has 0 aromatic heterocycles. The summed E-state index contributed by atoms with van der Waals surface area (Å²) >= 11 is 0. The highest BCUT2D eigenvalue weighted by Gasteiger charge is 2.25. The molecule has 1 saturated carbocycles. The second kappa shape index (κ2) is 3.68. The van der Waals surface area contributed by atoms with E-state index in [2.05, 4.69) is 0 Å². The number of carbonyl (C=O) groups is 1. The van der Waals surface area contributed by atoms with E-state index in [1.54, 1.807) is 0 Å². The van der Waals surface area contributed by atoms with Crippen molar-refractivity contribution in [3.8, 4) is 5.75 Å². The summed E-state index contributed by atoms with van der Waals surface area (Å²) in [6.07, 6.45) is 2.65. The Morgan fingerprint density at radius 1 is 1.47 bits per heavy atom. The molecule has 2 rings (SSSR count). The molecule has 1 aliphatic carbocycles. The molecule has 0 atom stereocenters. The molecular formula is C10H9NO4. The maximum atomic E-state index is 10.7. The third-order valence-electron chi connectivity index (χ3n) is 2.15. The van der Waals surface area contributed by atoms with Gasteiger partial charge in [0.05, 0.1) is 22.7 Å². The molecular weight excluding hydrogens is 198 g/mol. The van der Waals surface area contributed by atoms with E-state index in [-0.39, 0.29) is 11.8 Å². The first-order chi connectivity index (χ1) is 7.20. The van der Waals surface area contributed by atoms with Crippen LogP contribution in [-0.4, -0.2) is 17.3 Å². The van der Waals surface area contributed by atoms with Gasteiger partial charge in [-0.2, -0.15) is 0 Å². The number of ether oxygens (including phenoxy) is 1. The van der Waals surface area contributed by atoms with E-state index in [9.17, 15) is 14.9 Å². The summed E-state index contributed by atoms with van der Waals surface area (Å²) in [5.74, 6) is 0.307. The smallest absolute Gasteiger partial charge is 0.273 e. The van der Waals surface area contributed by atoms with E-state index in [0.29, 0.717) is 17.6 Å². The minimum atomic E-state index is -0.506. The highest BCUT2D eigenvalue weighted by atomic mass is 16.6. The molecule has 0 amide bonds. The molecule has 0 radical (unpaired) electrons. The molecule has 5 nitrogen and oxygen atoms in total. The molecule has 0 spiro atoms. The van der Waals surface area contributed by atoms with Gasteiger partial charge in [0.2, 0.25) is 0 Å². The third kappa shape index (κ3) is 2.12. The van der Waals surface area contributed by atoms with Gasteiger partial charge < -0.3 is 4.74 Å². The van der Waals surface area contributed by atoms with Crippen LogP contribution in [0.1, 0.15) is 23.2 Å². The van der Waals surface area contributed by atoms with Crippen LogP contribution in [0.25, 0.3) is 0 Å². The molecule has 1 fully saturated rings. The van der Waals surface area contributed by atoms with Gasteiger partial charge in [-0.3, -0.25) is 14.9 Å². The minimum absolute atomic E-state index is 0.0590. The van der Waals surface area contributed by atoms with Gasteiger partial charge in [-0.05, 0) is 18.9 Å². The molecule has 1 aliphatic rings. The highest BCUT2D eigenvalue weighted by Crippen LogP contribution is 2.30. The summed E-state index contributed by atoms with van der Waals surface area (Å²) in [6, 6.07) is 3.99. The van der Waals surface area contributed by atoms with Crippen molar-refractivity contribution < 1.29 is 14.5 Å². The molecule has 0 unspecified atom stereocenters. The van der Waals surface area contributed by atoms with Crippen LogP contribution in [0.4, 0.5) is 5.69 Å². The fourth-order valence-electron chi connectivity index (χ4n) is 1.20. The van der Waals surface area contributed by atoms with Crippen LogP contribution in [0, 0.1) is 10.1 Å². The fraction of sp³-hybridized carbons (Fsp3) is 0.300. The van der Waals surface area contributed by atoms with Crippen molar-refractivity contribution in [1.29, 1.82) is 0 Å². The lowest BCUT2D eigenvalue weighted by molar-refractivity contribution is -0.384. The molecule has 0 saturated heterocycles. The van der Waals surface area contributed by atoms with Gasteiger partial charge >= 0.3 is 0 Å². The van der Waals surface area contributed by atoms with Crippen molar-refractivity contribution >= 4 is 12.0 Å². The zero-order chi connectivity index (χ0) is 10.8. The summed E-state index contributed by atoms with van der Waals surface area (Å²) < 4.78 is 5.40. The van der Waals surface area contributed by atoms with Crippen LogP contribution in [-0.2, 0) is 0 Å². The van der Waals surface area contributed by atoms with Crippen LogP contribution in [0.2, 0.25) is 0 Å². The first kappa shape index (κ1) is 9.64. The Morgan fingerprint density at radius 2 is 2.20 bits per heavy atom. The van der Waals surface area contributed by atoms with Crippen molar-refractivity contribution in [2.24, 2.45) is 0 Å². The van der Waals surface area contributed by atoms with Crippen molar-refractivity contribution in [1.82, 2.24) is 0 Å². The number of hydrogen-bond acceptors (Lipinski definition) is 4. The first-order valence-electron chi connectivity index (χ1n) is 4.61. The molecule has 1 aromatic carbocycles. The molecule has 0 aliphatic heterocycles. The molecule has 15 heavy (non-hydrogen) atoms. The quantitative estimate of drug-likeness (QED) is 0.430. The number of hydrogen-bond donors (Lipinski definition) is 0. The number of aldehydes is 1. The van der Waals surface area contributed by atoms with Gasteiger partial charge in [0, 0.05) is 6.07 Å². The van der Waals surface area contributed by atoms with Gasteiger partial charge in [-0.1, -0.05) is 0 Å². The van der Waals surface area contributed by atoms with Gasteiger partial charge in [0.15, 0.2) is 6.29 Å². The van der Waals surface area contributed by atoms with Gasteiger partial charge in [-0.15, -0.1) is 0 Å². The number of nitro groups is 1. The van der Waals surface area contributed by atoms with Gasteiger partial charge in [0.25, 0.3) is 5.69 Å². The highest BCUT2D eigenvalue weighted by molar-refractivity contribution is 5.80. The number of nitro benzene ring substituents is 1. The molecule has 1 aromatic rings. The Labute approximate surface area is 85.8 Å². The summed E-state index contributed by atoms with van der Waals surface area (Å²) in [6.45, 7) is 0. The molecule has 0 N–H and O–H groups in total. The second-order valence-electron chi connectivity index (χ2n) is 3.41. The van der Waals surface area contributed by atoms with Crippen molar-refractivity contribution in [2.75, 3.05) is 0 Å². The van der Waals surface area contributed by atoms with Crippen LogP contribution >= 0.6 is 0 Å². The molecule has 5 heteroatoms. The second-order valence-corrected chi connectivity index (χ2v) is 3.41. The normalized spacial score (nSPS) is 14.7. The van der Waals surface area contributed by atoms with Crippen molar-refractivity contribution in [3.63, 3.8) is 0 Å². The number of carbonyl (C=O) groups excluding carboxylic acids is 1. The maximum Gasteiger partial charge on any atom is 0.273 e. The van der Waals surface area contributed by atoms with E-state index in [1.807, 2.05) is 0 Å². The number of nitrogens with zero attached hydrogens (tertiary/aromatic N) is 1. The SMILES string of the molecule is O=Cc1ccc([N+](=O)[O-])cc1OC1CC1. The van der Waals surface area contributed by atoms with Crippen LogP contribution in [0.5, 0.6) is 5.75 Å². The number of benzene rings is 1. The van der Waals surface area contributed by atoms with Crippen molar-refractivity contribution in [3.05, 3.63) is 33.9 Å². The van der Waals surface area contributed by atoms with E-state index in [1.165, 1.54) is 18.2 Å². The van der Waals surface area contributed by atoms with Gasteiger partial charge in [-0.25, -0.2) is 0 Å². The Bertz CT molecular complexity index is 412. The third-order valence-corrected chi connectivity index (χ3v) is 2.15. The standard InChI is InChI=1S/C10H9NO4/c12-6-7-1-2-8(11(13)14)5-10(7)15-9-3-4-9/h1-2,5-6,9H,3-4H2. The predicted octanol–water partition coefficient (Wildman–Crippen LogP) is 1.95. The first-order valence-corrected chi connectivity index (χ1v) is 4.61. The number of non-ortho nitro benzene ring substituents is 1. The summed E-state index contributed by atoms with van der Waals surface area (Å²) in [4.78, 5) is 20.7. The monoisotopic (exact) mass is 207 g/mol. The van der Waals surface area contributed by atoms with E-state index in [4.69, 9.17) is 4.74 Å². The lowest BCUT2D eigenvalue weighted by Gasteiger charge is -2.06. The van der Waals surface area contributed by atoms with Gasteiger partial charge in [0.1, 0.15) is 5.75 Å². The zero-order valence-electron chi connectivity index (χ0n) is 7.88. The van der Waals surface area contributed by atoms with E-state index in [0.717, 1.165) is 12.8 Å². The minimum Gasteiger partial charge on any atom is -0.489 e. The summed E-state index contributed by atoms with van der Waals surface area (Å²) in [5, 5.41) is 10.5. The molecule has 78 valence electrons. The van der Waals surface area contributed by atoms with E-state index >= 15 is 0 Å². The maximum absolute atomic E-state index is 10.7. The zero-order valence-corrected chi connectivity index (χ0v) is 7.88. The largest absolute Gasteiger partial charge is 0.489 e. The van der Waals surface area contributed by atoms with Crippen LogP contribution < -0.4 is 4.74 Å². The Balaban J connectivity index is 2.32. The van der Waals surface area contributed by atoms with Crippen LogP contribution in [0.3, 0.4) is 0 Å². The lowest BCUT2D eigenvalue weighted by Crippen LogP contribution is -2.00. The van der Waals surface area contributed by atoms with Crippen LogP contribution in [0.15, 0.2) is 18.2 Å². The Hall–Kier alpha value is -1.91. The number of rotatable bonds is 4. The fourth-order valence-corrected chi connectivity index (χ4v) is 1.20. The molecule has 0 bridgehead atoms. The summed E-state index contributed by atoms with van der Waals surface area (Å²) in [5.41, 5.74) is 0.295.